The lowest BCUT2D eigenvalue weighted by Gasteiger charge is -2.30. The molecule has 1 fully saturated rings. The third-order valence-corrected chi connectivity index (χ3v) is 7.71. The van der Waals surface area contributed by atoms with Crippen molar-refractivity contribution in [3.63, 3.8) is 0 Å². The summed E-state index contributed by atoms with van der Waals surface area (Å²) in [7, 11) is -0.996. The third kappa shape index (κ3) is 6.28. The Morgan fingerprint density at radius 1 is 1.08 bits per heavy atom. The van der Waals surface area contributed by atoms with Gasteiger partial charge in [-0.05, 0) is 50.6 Å². The molecule has 4 rings (SSSR count). The molecule has 1 unspecified atom stereocenters. The first-order valence-electron chi connectivity index (χ1n) is 12.1. The summed E-state index contributed by atoms with van der Waals surface area (Å²) in [5, 5.41) is 12.0. The highest BCUT2D eigenvalue weighted by Gasteiger charge is 2.42. The Morgan fingerprint density at radius 2 is 1.78 bits per heavy atom. The Balaban J connectivity index is 1.41. The predicted octanol–water partition coefficient (Wildman–Crippen LogP) is 2.29. The van der Waals surface area contributed by atoms with Crippen LogP contribution in [-0.2, 0) is 26.9 Å². The number of nitrogens with zero attached hydrogens (tertiary/aromatic N) is 2. The van der Waals surface area contributed by atoms with Gasteiger partial charge in [-0.15, -0.1) is 0 Å². The summed E-state index contributed by atoms with van der Waals surface area (Å²) in [5.41, 5.74) is 3.27. The number of hydroxylamine groups is 1. The minimum Gasteiger partial charge on any atom is -0.444 e. The number of nitrogens with one attached hydrogen (secondary N) is 2. The van der Waals surface area contributed by atoms with Crippen LogP contribution in [0.25, 0.3) is 0 Å². The predicted molar refractivity (Wildman–Crippen MR) is 138 cm³/mol. The quantitative estimate of drug-likeness (QED) is 0.401. The van der Waals surface area contributed by atoms with E-state index in [0.717, 1.165) is 16.1 Å². The van der Waals surface area contributed by atoms with Crippen LogP contribution in [0.3, 0.4) is 0 Å². The molecule has 2 aliphatic heterocycles. The van der Waals surface area contributed by atoms with Crippen molar-refractivity contribution < 1.29 is 28.5 Å². The number of fused-ring (bicyclic) bond motifs is 1. The van der Waals surface area contributed by atoms with Gasteiger partial charge in [-0.3, -0.25) is 19.0 Å². The van der Waals surface area contributed by atoms with Gasteiger partial charge in [-0.25, -0.2) is 10.3 Å². The Labute approximate surface area is 218 Å². The third-order valence-electron chi connectivity index (χ3n) is 6.32. The van der Waals surface area contributed by atoms with Gasteiger partial charge in [0, 0.05) is 37.5 Å². The molecule has 3 N–H and O–H groups in total. The van der Waals surface area contributed by atoms with Crippen LogP contribution in [0, 0.1) is 5.92 Å². The molecule has 10 nitrogen and oxygen atoms in total. The van der Waals surface area contributed by atoms with Crippen molar-refractivity contribution in [1.82, 2.24) is 15.7 Å². The van der Waals surface area contributed by atoms with Crippen molar-refractivity contribution in [3.05, 3.63) is 59.7 Å². The first kappa shape index (κ1) is 26.6. The average Bonchev–Trinajstić information content (AvgIpc) is 3.29. The first-order valence-corrected chi connectivity index (χ1v) is 13.4. The van der Waals surface area contributed by atoms with Gasteiger partial charge in [-0.2, -0.15) is 0 Å². The maximum atomic E-state index is 13.0. The summed E-state index contributed by atoms with van der Waals surface area (Å²) in [6.45, 7) is 6.60. The zero-order valence-corrected chi connectivity index (χ0v) is 21.9. The molecule has 3 amide bonds. The number of hydrogen-bond donors (Lipinski definition) is 3. The minimum absolute atomic E-state index is 0.00723. The molecule has 2 aromatic carbocycles. The number of carbonyl (C=O) groups excluding carboxylic acids is 3. The maximum absolute atomic E-state index is 13.0. The van der Waals surface area contributed by atoms with E-state index in [2.05, 4.69) is 10.2 Å². The van der Waals surface area contributed by atoms with Crippen molar-refractivity contribution in [1.29, 1.82) is 0 Å². The fourth-order valence-electron chi connectivity index (χ4n) is 4.51. The van der Waals surface area contributed by atoms with Crippen LogP contribution < -0.4 is 15.7 Å². The molecule has 198 valence electrons. The van der Waals surface area contributed by atoms with Gasteiger partial charge in [0.15, 0.2) is 0 Å². The van der Waals surface area contributed by atoms with E-state index in [1.807, 2.05) is 36.4 Å². The second kappa shape index (κ2) is 10.9. The number of ether oxygens (including phenoxy) is 1. The number of hydrogen-bond acceptors (Lipinski definition) is 7. The molecular weight excluding hydrogens is 496 g/mol. The normalized spacial score (nSPS) is 21.2. The summed E-state index contributed by atoms with van der Waals surface area (Å²) in [4.78, 5) is 42.1. The number of amides is 3. The number of carbonyl (C=O) groups is 3. The number of rotatable bonds is 5. The van der Waals surface area contributed by atoms with Crippen LogP contribution in [0.5, 0.6) is 0 Å². The van der Waals surface area contributed by atoms with Crippen molar-refractivity contribution >= 4 is 34.4 Å². The lowest BCUT2D eigenvalue weighted by molar-refractivity contribution is -0.133. The van der Waals surface area contributed by atoms with Crippen molar-refractivity contribution in [2.24, 2.45) is 5.92 Å². The van der Waals surface area contributed by atoms with Crippen LogP contribution in [0.4, 0.5) is 10.5 Å². The van der Waals surface area contributed by atoms with E-state index in [4.69, 9.17) is 9.94 Å². The van der Waals surface area contributed by atoms with E-state index in [-0.39, 0.29) is 13.1 Å². The van der Waals surface area contributed by atoms with Gasteiger partial charge in [0.05, 0.1) is 33.3 Å². The first-order chi connectivity index (χ1) is 17.6. The molecule has 1 saturated heterocycles. The van der Waals surface area contributed by atoms with Gasteiger partial charge >= 0.3 is 6.09 Å². The second-order valence-electron chi connectivity index (χ2n) is 10.2. The molecule has 3 atom stereocenters. The van der Waals surface area contributed by atoms with E-state index < -0.39 is 46.3 Å². The van der Waals surface area contributed by atoms with Crippen LogP contribution in [-0.4, -0.2) is 69.3 Å². The lowest BCUT2D eigenvalue weighted by atomic mass is 10.0. The monoisotopic (exact) mass is 528 g/mol. The second-order valence-corrected chi connectivity index (χ2v) is 11.7. The SMILES string of the molecule is CC(C)(C)OC(=O)N1C[C@H](C(=O)NO)[C@H](NC(=O)c2ccc(CN3CCS(=O)c4ccccc43)cc2)C1. The molecule has 0 bridgehead atoms. The molecule has 0 aliphatic carbocycles. The zero-order valence-electron chi connectivity index (χ0n) is 21.1. The summed E-state index contributed by atoms with van der Waals surface area (Å²) < 4.78 is 17.7. The topological polar surface area (TPSA) is 128 Å². The van der Waals surface area contributed by atoms with E-state index >= 15 is 0 Å². The van der Waals surface area contributed by atoms with Crippen molar-refractivity contribution in [3.8, 4) is 0 Å². The van der Waals surface area contributed by atoms with Gasteiger partial charge in [-0.1, -0.05) is 24.3 Å². The number of anilines is 1. The Hall–Kier alpha value is -3.44. The molecule has 0 aromatic heterocycles. The zero-order chi connectivity index (χ0) is 26.7. The number of benzene rings is 2. The van der Waals surface area contributed by atoms with Gasteiger partial charge in [0.2, 0.25) is 5.91 Å². The molecular formula is C26H32N4O6S. The lowest BCUT2D eigenvalue weighted by Crippen LogP contribution is -2.45. The Bertz CT molecular complexity index is 1200. The molecule has 0 saturated carbocycles. The molecule has 0 spiro atoms. The smallest absolute Gasteiger partial charge is 0.410 e. The molecule has 2 heterocycles. The molecule has 37 heavy (non-hydrogen) atoms. The fraction of sp³-hybridized carbons (Fsp3) is 0.423. The molecule has 0 radical (unpaired) electrons. The summed E-state index contributed by atoms with van der Waals surface area (Å²) in [6.07, 6.45) is -0.590. The van der Waals surface area contributed by atoms with Crippen LogP contribution in [0.2, 0.25) is 0 Å². The fourth-order valence-corrected chi connectivity index (χ4v) is 5.77. The van der Waals surface area contributed by atoms with Gasteiger partial charge in [0.25, 0.3) is 5.91 Å². The highest BCUT2D eigenvalue weighted by atomic mass is 32.2. The summed E-state index contributed by atoms with van der Waals surface area (Å²) >= 11 is 0. The van der Waals surface area contributed by atoms with E-state index in [0.29, 0.717) is 24.4 Å². The Morgan fingerprint density at radius 3 is 2.46 bits per heavy atom. The largest absolute Gasteiger partial charge is 0.444 e. The van der Waals surface area contributed by atoms with Crippen LogP contribution in [0.1, 0.15) is 36.7 Å². The summed E-state index contributed by atoms with van der Waals surface area (Å²) in [6, 6.07) is 14.1. The van der Waals surface area contributed by atoms with E-state index in [9.17, 15) is 18.6 Å². The maximum Gasteiger partial charge on any atom is 0.410 e. The average molecular weight is 529 g/mol. The van der Waals surface area contributed by atoms with Crippen LogP contribution in [0.15, 0.2) is 53.4 Å². The highest BCUT2D eigenvalue weighted by molar-refractivity contribution is 7.85. The van der Waals surface area contributed by atoms with Crippen LogP contribution >= 0.6 is 0 Å². The highest BCUT2D eigenvalue weighted by Crippen LogP contribution is 2.29. The van der Waals surface area contributed by atoms with Crippen molar-refractivity contribution in [2.75, 3.05) is 30.3 Å². The van der Waals surface area contributed by atoms with E-state index in [1.54, 1.807) is 38.4 Å². The molecule has 2 aliphatic rings. The molecule has 2 aromatic rings. The van der Waals surface area contributed by atoms with Gasteiger partial charge in [0.1, 0.15) is 5.60 Å². The van der Waals surface area contributed by atoms with Gasteiger partial charge < -0.3 is 19.9 Å². The van der Waals surface area contributed by atoms with E-state index in [1.165, 1.54) is 4.90 Å². The standard InChI is InChI=1S/C26H32N4O6S/c1-26(2,3)36-25(33)30-15-19(24(32)28-34)20(16-30)27-23(31)18-10-8-17(9-11-18)14-29-12-13-37(35)22-7-5-4-6-21(22)29/h4-11,19-20,34H,12-16H2,1-3H3,(H,27,31)(H,28,32)/t19-,20+,37?/m0/s1. The Kier molecular flexibility index (Phi) is 7.84. The molecule has 11 heteroatoms. The minimum atomic E-state index is -0.996. The number of likely N-dealkylation sites (tertiary alicyclic amines) is 1. The van der Waals surface area contributed by atoms with Crippen molar-refractivity contribution in [2.45, 2.75) is 43.9 Å². The summed E-state index contributed by atoms with van der Waals surface area (Å²) in [5.74, 6) is -1.33. The number of para-hydroxylation sites is 1.